The first-order valence-electron chi connectivity index (χ1n) is 10.5. The molecule has 0 saturated heterocycles. The molecule has 1 N–H and O–H groups in total. The van der Waals surface area contributed by atoms with Crippen molar-refractivity contribution in [1.82, 2.24) is 19.1 Å². The molecule has 0 unspecified atom stereocenters. The number of amides is 1. The van der Waals surface area contributed by atoms with Crippen molar-refractivity contribution in [2.24, 2.45) is 0 Å². The summed E-state index contributed by atoms with van der Waals surface area (Å²) in [6, 6.07) is 3.27. The third kappa shape index (κ3) is 6.39. The highest BCUT2D eigenvalue weighted by Crippen LogP contribution is 2.33. The van der Waals surface area contributed by atoms with E-state index in [2.05, 4.69) is 46.9 Å². The highest BCUT2D eigenvalue weighted by Gasteiger charge is 2.31. The van der Waals surface area contributed by atoms with Crippen LogP contribution in [0.25, 0.3) is 18.0 Å². The van der Waals surface area contributed by atoms with Gasteiger partial charge in [-0.3, -0.25) is 9.36 Å². The summed E-state index contributed by atoms with van der Waals surface area (Å²) in [6.07, 6.45) is 9.26. The van der Waals surface area contributed by atoms with Crippen LogP contribution in [-0.2, 0) is 11.0 Å². The summed E-state index contributed by atoms with van der Waals surface area (Å²) in [6.45, 7) is 12.8. The van der Waals surface area contributed by atoms with E-state index in [9.17, 15) is 18.0 Å². The fourth-order valence-corrected chi connectivity index (χ4v) is 3.05. The van der Waals surface area contributed by atoms with Gasteiger partial charge in [0.25, 0.3) is 5.91 Å². The van der Waals surface area contributed by atoms with Crippen molar-refractivity contribution < 1.29 is 18.0 Å². The Balaban J connectivity index is 1.69. The number of benzene rings is 1. The summed E-state index contributed by atoms with van der Waals surface area (Å²) in [7, 11) is 0. The lowest BCUT2D eigenvalue weighted by Gasteiger charge is -2.13. The average Bonchev–Trinajstić information content (AvgIpc) is 3.45. The molecule has 182 valence electrons. The van der Waals surface area contributed by atoms with E-state index in [1.165, 1.54) is 23.0 Å². The van der Waals surface area contributed by atoms with Gasteiger partial charge in [-0.15, -0.1) is 0 Å². The number of alkyl halides is 3. The summed E-state index contributed by atoms with van der Waals surface area (Å²) < 4.78 is 43.3. The number of allylic oxidation sites excluding steroid dienone is 3. The molecule has 0 aliphatic carbocycles. The van der Waals surface area contributed by atoms with Crippen LogP contribution < -0.4 is 5.32 Å². The number of imidazole rings is 2. The van der Waals surface area contributed by atoms with Gasteiger partial charge in [0.1, 0.15) is 11.5 Å². The van der Waals surface area contributed by atoms with Crippen LogP contribution in [-0.4, -0.2) is 25.0 Å². The Bertz CT molecular complexity index is 1440. The normalized spacial score (nSPS) is 11.3. The minimum atomic E-state index is -4.59. The third-order valence-electron chi connectivity index (χ3n) is 4.78. The molecule has 0 saturated carbocycles. The van der Waals surface area contributed by atoms with Gasteiger partial charge in [-0.25, -0.2) is 9.97 Å². The molecule has 3 rings (SSSR count). The molecule has 0 bridgehead atoms. The van der Waals surface area contributed by atoms with Gasteiger partial charge in [0.2, 0.25) is 0 Å². The molecule has 0 atom stereocenters. The first-order valence-corrected chi connectivity index (χ1v) is 10.5. The van der Waals surface area contributed by atoms with Gasteiger partial charge < -0.3 is 9.88 Å². The van der Waals surface area contributed by atoms with Crippen molar-refractivity contribution in [2.45, 2.75) is 13.1 Å². The summed E-state index contributed by atoms with van der Waals surface area (Å²) in [5.74, 6) is 5.71. The number of carbonyl (C=O) groups is 1. The molecule has 9 heteroatoms. The smallest absolute Gasteiger partial charge is 0.322 e. The van der Waals surface area contributed by atoms with E-state index in [4.69, 9.17) is 0 Å². The number of nitrogens with zero attached hydrogens (tertiary/aromatic N) is 4. The minimum Gasteiger partial charge on any atom is -0.322 e. The van der Waals surface area contributed by atoms with E-state index < -0.39 is 17.6 Å². The Labute approximate surface area is 206 Å². The zero-order chi connectivity index (χ0) is 26.3. The van der Waals surface area contributed by atoms with Crippen LogP contribution in [0.3, 0.4) is 0 Å². The first-order chi connectivity index (χ1) is 17.1. The molecule has 0 fully saturated rings. The van der Waals surface area contributed by atoms with Crippen molar-refractivity contribution >= 4 is 23.9 Å². The zero-order valence-corrected chi connectivity index (χ0v) is 19.4. The highest BCUT2D eigenvalue weighted by molar-refractivity contribution is 6.05. The van der Waals surface area contributed by atoms with Gasteiger partial charge in [0.05, 0.1) is 23.8 Å². The monoisotopic (exact) mass is 489 g/mol. The Morgan fingerprint density at radius 2 is 1.94 bits per heavy atom. The molecule has 2 heterocycles. The van der Waals surface area contributed by atoms with Gasteiger partial charge in [0, 0.05) is 29.3 Å². The van der Waals surface area contributed by atoms with Crippen LogP contribution in [0.2, 0.25) is 0 Å². The largest absolute Gasteiger partial charge is 0.416 e. The van der Waals surface area contributed by atoms with Crippen LogP contribution in [0, 0.1) is 18.8 Å². The summed E-state index contributed by atoms with van der Waals surface area (Å²) >= 11 is 0. The van der Waals surface area contributed by atoms with E-state index in [-0.39, 0.29) is 16.9 Å². The predicted molar refractivity (Wildman–Crippen MR) is 135 cm³/mol. The van der Waals surface area contributed by atoms with Crippen LogP contribution in [0.5, 0.6) is 0 Å². The van der Waals surface area contributed by atoms with Crippen LogP contribution in [0.1, 0.15) is 22.8 Å². The lowest BCUT2D eigenvalue weighted by Crippen LogP contribution is -2.14. The number of rotatable bonds is 7. The quantitative estimate of drug-likeness (QED) is 0.259. The van der Waals surface area contributed by atoms with Crippen molar-refractivity contribution in [3.05, 3.63) is 109 Å². The molecule has 0 radical (unpaired) electrons. The standard InChI is InChI=1S/C27H22F3N5O/c1-5-25-31-16-23(35(25)6-2)12-10-8-7-9-11-19(3)26(36)33-22-13-21(27(28,29)30)14-24(15-22)34-17-20(4)32-18-34/h5-9,11,13-18H,1-3H2,4H3,(H,33,36)/b8-7+,11-9-. The molecule has 1 aromatic carbocycles. The summed E-state index contributed by atoms with van der Waals surface area (Å²) in [5, 5.41) is 2.46. The molecular weight excluding hydrogens is 467 g/mol. The molecule has 6 nitrogen and oxygen atoms in total. The van der Waals surface area contributed by atoms with Gasteiger partial charge in [0.15, 0.2) is 0 Å². The highest BCUT2D eigenvalue weighted by atomic mass is 19.4. The second-order valence-corrected chi connectivity index (χ2v) is 7.41. The molecular formula is C27H22F3N5O. The van der Waals surface area contributed by atoms with Gasteiger partial charge >= 0.3 is 6.18 Å². The minimum absolute atomic E-state index is 0.0233. The number of nitrogens with one attached hydrogen (secondary N) is 1. The number of anilines is 1. The molecule has 2 aromatic heterocycles. The lowest BCUT2D eigenvalue weighted by molar-refractivity contribution is -0.137. The maximum Gasteiger partial charge on any atom is 0.416 e. The molecule has 1 amide bonds. The lowest BCUT2D eigenvalue weighted by atomic mass is 10.1. The fourth-order valence-electron chi connectivity index (χ4n) is 3.05. The topological polar surface area (TPSA) is 64.7 Å². The van der Waals surface area contributed by atoms with E-state index in [1.54, 1.807) is 54.4 Å². The number of halogens is 3. The summed E-state index contributed by atoms with van der Waals surface area (Å²) in [4.78, 5) is 20.7. The third-order valence-corrected chi connectivity index (χ3v) is 4.78. The van der Waals surface area contributed by atoms with E-state index in [0.717, 1.165) is 12.1 Å². The summed E-state index contributed by atoms with van der Waals surface area (Å²) in [5.41, 5.74) is 0.602. The number of aromatic nitrogens is 4. The van der Waals surface area contributed by atoms with E-state index in [0.29, 0.717) is 17.2 Å². The van der Waals surface area contributed by atoms with Crippen LogP contribution in [0.4, 0.5) is 18.9 Å². The number of hydrogen-bond acceptors (Lipinski definition) is 3. The second kappa shape index (κ2) is 11.1. The number of hydrogen-bond donors (Lipinski definition) is 1. The maximum atomic E-state index is 13.4. The van der Waals surface area contributed by atoms with Gasteiger partial charge in [-0.2, -0.15) is 13.2 Å². The first kappa shape index (κ1) is 25.8. The van der Waals surface area contributed by atoms with Crippen molar-refractivity contribution in [1.29, 1.82) is 0 Å². The molecule has 0 aliphatic heterocycles. The zero-order valence-electron chi connectivity index (χ0n) is 19.4. The molecule has 36 heavy (non-hydrogen) atoms. The SMILES string of the molecule is C=Cc1ncc(C#C/C=C/C=C\C(=C)C(=O)Nc2cc(-n3cnc(C)c3)cc(C(F)(F)F)c2)n1C=C. The maximum absolute atomic E-state index is 13.4. The van der Waals surface area contributed by atoms with Crippen LogP contribution in [0.15, 0.2) is 86.5 Å². The Kier molecular flexibility index (Phi) is 7.92. The molecule has 0 spiro atoms. The molecule has 3 aromatic rings. The predicted octanol–water partition coefficient (Wildman–Crippen LogP) is 5.80. The number of carbonyl (C=O) groups excluding carboxylic acids is 1. The van der Waals surface area contributed by atoms with Crippen molar-refractivity contribution in [2.75, 3.05) is 5.32 Å². The second-order valence-electron chi connectivity index (χ2n) is 7.41. The Morgan fingerprint density at radius 1 is 1.17 bits per heavy atom. The van der Waals surface area contributed by atoms with Crippen molar-refractivity contribution in [3.63, 3.8) is 0 Å². The van der Waals surface area contributed by atoms with E-state index >= 15 is 0 Å². The van der Waals surface area contributed by atoms with E-state index in [1.807, 2.05) is 0 Å². The van der Waals surface area contributed by atoms with Crippen LogP contribution >= 0.6 is 0 Å². The average molecular weight is 490 g/mol. The van der Waals surface area contributed by atoms with Crippen molar-refractivity contribution in [3.8, 4) is 17.5 Å². The van der Waals surface area contributed by atoms with Gasteiger partial charge in [-0.05, 0) is 43.2 Å². The van der Waals surface area contributed by atoms with Gasteiger partial charge in [-0.1, -0.05) is 43.9 Å². The Morgan fingerprint density at radius 3 is 2.58 bits per heavy atom. The Hall–Kier alpha value is -4.84. The fraction of sp³-hybridized carbons (Fsp3) is 0.0741. The number of aryl methyl sites for hydroxylation is 1. The molecule has 0 aliphatic rings.